The summed E-state index contributed by atoms with van der Waals surface area (Å²) < 4.78 is 0. The highest BCUT2D eigenvalue weighted by molar-refractivity contribution is 7.99. The molecule has 0 aliphatic heterocycles. The van der Waals surface area contributed by atoms with Crippen molar-refractivity contribution in [1.29, 1.82) is 0 Å². The number of hydrazine groups is 1. The Bertz CT molecular complexity index is 881. The largest absolute Gasteiger partial charge is 0.317 e. The number of aryl methyl sites for hydroxylation is 1. The third-order valence-electron chi connectivity index (χ3n) is 4.59. The van der Waals surface area contributed by atoms with Crippen LogP contribution in [0.15, 0.2) is 35.2 Å². The van der Waals surface area contributed by atoms with E-state index in [0.29, 0.717) is 22.7 Å². The quantitative estimate of drug-likeness (QED) is 0.368. The minimum absolute atomic E-state index is 0.113. The molecule has 29 heavy (non-hydrogen) atoms. The van der Waals surface area contributed by atoms with Gasteiger partial charge in [-0.3, -0.25) is 25.2 Å². The maximum absolute atomic E-state index is 12.7. The Morgan fingerprint density at radius 2 is 1.79 bits per heavy atom. The van der Waals surface area contributed by atoms with Gasteiger partial charge in [0, 0.05) is 28.9 Å². The number of rotatable bonds is 6. The molecule has 1 aliphatic rings. The molecule has 0 radical (unpaired) electrons. The number of carbonyl (C=O) groups is 3. The first-order valence-corrected chi connectivity index (χ1v) is 11.5. The first kappa shape index (κ1) is 21.4. The molecule has 8 heteroatoms. The van der Waals surface area contributed by atoms with Gasteiger partial charge in [0.15, 0.2) is 0 Å². The van der Waals surface area contributed by atoms with E-state index < -0.39 is 0 Å². The molecule has 1 aromatic heterocycles. The van der Waals surface area contributed by atoms with E-state index >= 15 is 0 Å². The fourth-order valence-corrected chi connectivity index (χ4v) is 5.42. The molecule has 1 aliphatic carbocycles. The maximum atomic E-state index is 12.7. The lowest BCUT2D eigenvalue weighted by molar-refractivity contribution is -0.119. The van der Waals surface area contributed by atoms with Crippen LogP contribution in [-0.2, 0) is 22.4 Å². The summed E-state index contributed by atoms with van der Waals surface area (Å²) in [6.45, 7) is 1.33. The van der Waals surface area contributed by atoms with Gasteiger partial charge in [-0.25, -0.2) is 0 Å². The van der Waals surface area contributed by atoms with Gasteiger partial charge in [0.1, 0.15) is 5.00 Å². The van der Waals surface area contributed by atoms with Gasteiger partial charge >= 0.3 is 0 Å². The topological polar surface area (TPSA) is 87.3 Å². The zero-order valence-electron chi connectivity index (χ0n) is 16.4. The summed E-state index contributed by atoms with van der Waals surface area (Å²) in [5, 5.41) is 3.51. The van der Waals surface area contributed by atoms with Crippen molar-refractivity contribution in [3.05, 3.63) is 46.3 Å². The third kappa shape index (κ3) is 6.08. The van der Waals surface area contributed by atoms with Crippen LogP contribution in [0.25, 0.3) is 0 Å². The highest BCUT2D eigenvalue weighted by Crippen LogP contribution is 2.37. The van der Waals surface area contributed by atoms with Crippen molar-refractivity contribution in [2.45, 2.75) is 50.3 Å². The maximum Gasteiger partial charge on any atom is 0.272 e. The van der Waals surface area contributed by atoms with E-state index in [1.54, 1.807) is 11.8 Å². The second kappa shape index (κ2) is 10.5. The summed E-state index contributed by atoms with van der Waals surface area (Å²) in [6, 6.07) is 9.94. The second-order valence-corrected chi connectivity index (χ2v) is 9.14. The molecular formula is C21H25N3O3S2. The number of hydrogen-bond acceptors (Lipinski definition) is 5. The normalized spacial score (nSPS) is 13.1. The van der Waals surface area contributed by atoms with Crippen LogP contribution in [0.4, 0.5) is 5.00 Å². The molecule has 154 valence electrons. The van der Waals surface area contributed by atoms with Crippen LogP contribution in [0.3, 0.4) is 0 Å². The third-order valence-corrected chi connectivity index (χ3v) is 6.82. The smallest absolute Gasteiger partial charge is 0.272 e. The summed E-state index contributed by atoms with van der Waals surface area (Å²) in [4.78, 5) is 38.7. The molecule has 3 rings (SSSR count). The molecule has 0 fully saturated rings. The lowest BCUT2D eigenvalue weighted by atomic mass is 10.1. The fourth-order valence-electron chi connectivity index (χ4n) is 3.25. The molecule has 0 bridgehead atoms. The van der Waals surface area contributed by atoms with E-state index in [9.17, 15) is 14.4 Å². The number of thiophene rings is 1. The van der Waals surface area contributed by atoms with E-state index in [1.807, 2.05) is 30.3 Å². The molecule has 0 atom stereocenters. The predicted molar refractivity (Wildman–Crippen MR) is 117 cm³/mol. The Morgan fingerprint density at radius 1 is 1.03 bits per heavy atom. The van der Waals surface area contributed by atoms with Crippen LogP contribution in [0, 0.1) is 0 Å². The number of fused-ring (bicyclic) bond motifs is 1. The van der Waals surface area contributed by atoms with Gasteiger partial charge in [0.2, 0.25) is 11.8 Å². The van der Waals surface area contributed by atoms with Crippen molar-refractivity contribution in [2.75, 3.05) is 11.1 Å². The molecule has 0 saturated heterocycles. The standard InChI is InChI=1S/C21H25N3O3S2/c1-14(25)23-24-20(27)19-16-10-6-3-7-11-17(16)29-21(19)22-18(26)12-13-28-15-8-4-2-5-9-15/h2,4-5,8-9H,3,6-7,10-13H2,1H3,(H,22,26)(H,23,25)(H,24,27). The van der Waals surface area contributed by atoms with Crippen molar-refractivity contribution in [3.8, 4) is 0 Å². The average Bonchev–Trinajstić information content (AvgIpc) is 2.87. The highest BCUT2D eigenvalue weighted by Gasteiger charge is 2.25. The molecule has 3 N–H and O–H groups in total. The summed E-state index contributed by atoms with van der Waals surface area (Å²) >= 11 is 3.11. The fraction of sp³-hybridized carbons (Fsp3) is 0.381. The summed E-state index contributed by atoms with van der Waals surface area (Å²) in [5.74, 6) is -0.177. The Labute approximate surface area is 178 Å². The highest BCUT2D eigenvalue weighted by atomic mass is 32.2. The average molecular weight is 432 g/mol. The van der Waals surface area contributed by atoms with Crippen LogP contribution in [0.2, 0.25) is 0 Å². The lowest BCUT2D eigenvalue weighted by Crippen LogP contribution is -2.40. The Balaban J connectivity index is 1.69. The van der Waals surface area contributed by atoms with Gasteiger partial charge in [-0.15, -0.1) is 23.1 Å². The molecule has 1 heterocycles. The first-order chi connectivity index (χ1) is 14.0. The van der Waals surface area contributed by atoms with Gasteiger partial charge in [0.25, 0.3) is 5.91 Å². The van der Waals surface area contributed by atoms with E-state index in [0.717, 1.165) is 47.4 Å². The monoisotopic (exact) mass is 431 g/mol. The van der Waals surface area contributed by atoms with Crippen LogP contribution in [-0.4, -0.2) is 23.5 Å². The van der Waals surface area contributed by atoms with E-state index in [2.05, 4.69) is 16.2 Å². The SMILES string of the molecule is CC(=O)NNC(=O)c1c(NC(=O)CCSc2ccccc2)sc2c1CCCCC2. The van der Waals surface area contributed by atoms with Gasteiger partial charge in [0.05, 0.1) is 5.56 Å². The van der Waals surface area contributed by atoms with Crippen LogP contribution < -0.4 is 16.2 Å². The van der Waals surface area contributed by atoms with E-state index in [-0.39, 0.29) is 17.7 Å². The molecule has 0 unspecified atom stereocenters. The second-order valence-electron chi connectivity index (χ2n) is 6.86. The van der Waals surface area contributed by atoms with E-state index in [4.69, 9.17) is 0 Å². The van der Waals surface area contributed by atoms with E-state index in [1.165, 1.54) is 18.3 Å². The first-order valence-electron chi connectivity index (χ1n) is 9.73. The minimum Gasteiger partial charge on any atom is -0.317 e. The number of anilines is 1. The molecule has 2 aromatic rings. The number of benzene rings is 1. The van der Waals surface area contributed by atoms with Crippen LogP contribution in [0.5, 0.6) is 0 Å². The Kier molecular flexibility index (Phi) is 7.71. The Morgan fingerprint density at radius 3 is 2.55 bits per heavy atom. The molecule has 0 spiro atoms. The van der Waals surface area contributed by atoms with Crippen molar-refractivity contribution in [2.24, 2.45) is 0 Å². The summed E-state index contributed by atoms with van der Waals surface area (Å²) in [7, 11) is 0. The van der Waals surface area contributed by atoms with Gasteiger partial charge in [-0.1, -0.05) is 24.6 Å². The minimum atomic E-state index is -0.381. The van der Waals surface area contributed by atoms with Crippen molar-refractivity contribution in [3.63, 3.8) is 0 Å². The van der Waals surface area contributed by atoms with Gasteiger partial charge in [-0.2, -0.15) is 0 Å². The zero-order chi connectivity index (χ0) is 20.6. The van der Waals surface area contributed by atoms with Gasteiger partial charge < -0.3 is 5.32 Å². The number of thioether (sulfide) groups is 1. The molecule has 1 aromatic carbocycles. The lowest BCUT2D eigenvalue weighted by Gasteiger charge is -2.10. The van der Waals surface area contributed by atoms with Crippen molar-refractivity contribution in [1.82, 2.24) is 10.9 Å². The Hall–Kier alpha value is -2.32. The van der Waals surface area contributed by atoms with Crippen LogP contribution in [0.1, 0.15) is 53.4 Å². The number of nitrogens with one attached hydrogen (secondary N) is 3. The van der Waals surface area contributed by atoms with Crippen molar-refractivity contribution >= 4 is 45.8 Å². The number of amides is 3. The molecule has 6 nitrogen and oxygen atoms in total. The number of carbonyl (C=O) groups excluding carboxylic acids is 3. The van der Waals surface area contributed by atoms with Crippen LogP contribution >= 0.6 is 23.1 Å². The van der Waals surface area contributed by atoms with Crippen molar-refractivity contribution < 1.29 is 14.4 Å². The molecular weight excluding hydrogens is 406 g/mol. The predicted octanol–water partition coefficient (Wildman–Crippen LogP) is 3.92. The molecule has 3 amide bonds. The molecule has 0 saturated carbocycles. The number of hydrogen-bond donors (Lipinski definition) is 3. The van der Waals surface area contributed by atoms with Gasteiger partial charge in [-0.05, 0) is 43.4 Å². The zero-order valence-corrected chi connectivity index (χ0v) is 18.0. The summed E-state index contributed by atoms with van der Waals surface area (Å²) in [5.41, 5.74) is 6.28. The summed E-state index contributed by atoms with van der Waals surface area (Å²) in [6.07, 6.45) is 5.32.